The van der Waals surface area contributed by atoms with Crippen molar-refractivity contribution in [2.45, 2.75) is 6.54 Å². The van der Waals surface area contributed by atoms with Gasteiger partial charge >= 0.3 is 5.69 Å². The van der Waals surface area contributed by atoms with E-state index in [0.717, 1.165) is 5.76 Å². The molecule has 0 saturated carbocycles. The maximum atomic E-state index is 11.1. The minimum absolute atomic E-state index is 0.0338. The summed E-state index contributed by atoms with van der Waals surface area (Å²) in [6.07, 6.45) is 1.56. The van der Waals surface area contributed by atoms with Crippen molar-refractivity contribution in [3.63, 3.8) is 0 Å². The van der Waals surface area contributed by atoms with Gasteiger partial charge < -0.3 is 15.1 Å². The van der Waals surface area contributed by atoms with Gasteiger partial charge in [0.05, 0.1) is 17.7 Å². The highest BCUT2D eigenvalue weighted by molar-refractivity contribution is 5.75. The Bertz CT molecular complexity index is 538. The molecule has 6 heteroatoms. The van der Waals surface area contributed by atoms with Crippen LogP contribution in [-0.4, -0.2) is 12.0 Å². The van der Waals surface area contributed by atoms with Crippen molar-refractivity contribution in [1.29, 1.82) is 0 Å². The van der Waals surface area contributed by atoms with Crippen LogP contribution in [0.2, 0.25) is 0 Å². The van der Waals surface area contributed by atoms with E-state index in [0.29, 0.717) is 17.9 Å². The molecule has 1 aromatic heterocycles. The van der Waals surface area contributed by atoms with Gasteiger partial charge in [0.2, 0.25) is 0 Å². The summed E-state index contributed by atoms with van der Waals surface area (Å²) in [5.41, 5.74) is 0.972. The molecule has 94 valence electrons. The van der Waals surface area contributed by atoms with E-state index in [2.05, 4.69) is 10.6 Å². The van der Waals surface area contributed by atoms with E-state index < -0.39 is 4.92 Å². The predicted octanol–water partition coefficient (Wildman–Crippen LogP) is 2.84. The molecule has 1 aromatic carbocycles. The van der Waals surface area contributed by atoms with Gasteiger partial charge in [0.15, 0.2) is 0 Å². The average Bonchev–Trinajstić information content (AvgIpc) is 2.88. The Morgan fingerprint density at radius 1 is 1.28 bits per heavy atom. The largest absolute Gasteiger partial charge is 0.467 e. The maximum Gasteiger partial charge on any atom is 0.315 e. The molecule has 18 heavy (non-hydrogen) atoms. The highest BCUT2D eigenvalue weighted by atomic mass is 16.6. The molecule has 0 saturated heterocycles. The fourth-order valence-corrected chi connectivity index (χ4v) is 1.68. The van der Waals surface area contributed by atoms with Crippen molar-refractivity contribution in [2.75, 3.05) is 17.7 Å². The van der Waals surface area contributed by atoms with Crippen LogP contribution in [0.1, 0.15) is 5.76 Å². The van der Waals surface area contributed by atoms with Crippen LogP contribution in [0.5, 0.6) is 0 Å². The molecule has 0 radical (unpaired) electrons. The highest BCUT2D eigenvalue weighted by Crippen LogP contribution is 2.32. The Labute approximate surface area is 104 Å². The normalized spacial score (nSPS) is 10.1. The summed E-state index contributed by atoms with van der Waals surface area (Å²) in [6.45, 7) is 0.404. The molecule has 2 N–H and O–H groups in total. The molecule has 0 unspecified atom stereocenters. The van der Waals surface area contributed by atoms with Gasteiger partial charge in [-0.1, -0.05) is 6.07 Å². The number of benzene rings is 1. The van der Waals surface area contributed by atoms with E-state index in [4.69, 9.17) is 4.42 Å². The minimum atomic E-state index is -0.406. The van der Waals surface area contributed by atoms with Crippen LogP contribution < -0.4 is 10.6 Å². The van der Waals surface area contributed by atoms with Gasteiger partial charge in [-0.25, -0.2) is 0 Å². The van der Waals surface area contributed by atoms with E-state index in [1.54, 1.807) is 43.6 Å². The predicted molar refractivity (Wildman–Crippen MR) is 68.7 cm³/mol. The molecule has 0 aliphatic rings. The van der Waals surface area contributed by atoms with E-state index in [9.17, 15) is 10.1 Å². The zero-order chi connectivity index (χ0) is 13.0. The lowest BCUT2D eigenvalue weighted by molar-refractivity contribution is -0.383. The summed E-state index contributed by atoms with van der Waals surface area (Å²) in [5.74, 6) is 0.721. The first kappa shape index (κ1) is 12.0. The number of anilines is 2. The lowest BCUT2D eigenvalue weighted by atomic mass is 10.2. The number of para-hydroxylation sites is 1. The van der Waals surface area contributed by atoms with Crippen molar-refractivity contribution in [3.8, 4) is 0 Å². The number of rotatable bonds is 5. The van der Waals surface area contributed by atoms with E-state index >= 15 is 0 Å². The van der Waals surface area contributed by atoms with Gasteiger partial charge in [0, 0.05) is 7.05 Å². The Morgan fingerprint density at radius 3 is 2.67 bits per heavy atom. The van der Waals surface area contributed by atoms with E-state index in [1.165, 1.54) is 0 Å². The second-order valence-electron chi connectivity index (χ2n) is 3.64. The molecule has 0 atom stereocenters. The van der Waals surface area contributed by atoms with Gasteiger partial charge in [-0.05, 0) is 24.3 Å². The molecule has 0 fully saturated rings. The van der Waals surface area contributed by atoms with Gasteiger partial charge in [0.25, 0.3) is 0 Å². The second kappa shape index (κ2) is 5.22. The third-order valence-electron chi connectivity index (χ3n) is 2.52. The summed E-state index contributed by atoms with van der Waals surface area (Å²) >= 11 is 0. The van der Waals surface area contributed by atoms with Gasteiger partial charge in [-0.3, -0.25) is 10.1 Å². The zero-order valence-electron chi connectivity index (χ0n) is 9.84. The van der Waals surface area contributed by atoms with Crippen molar-refractivity contribution in [2.24, 2.45) is 0 Å². The van der Waals surface area contributed by atoms with Crippen molar-refractivity contribution in [1.82, 2.24) is 0 Å². The molecule has 0 bridgehead atoms. The van der Waals surface area contributed by atoms with Gasteiger partial charge in [-0.15, -0.1) is 0 Å². The lowest BCUT2D eigenvalue weighted by Gasteiger charge is -2.08. The zero-order valence-corrected chi connectivity index (χ0v) is 9.84. The molecular weight excluding hydrogens is 234 g/mol. The lowest BCUT2D eigenvalue weighted by Crippen LogP contribution is -2.04. The fraction of sp³-hybridized carbons (Fsp3) is 0.167. The van der Waals surface area contributed by atoms with E-state index in [-0.39, 0.29) is 5.69 Å². The quantitative estimate of drug-likeness (QED) is 0.627. The maximum absolute atomic E-state index is 11.1. The molecule has 0 spiro atoms. The fourth-order valence-electron chi connectivity index (χ4n) is 1.68. The Balaban J connectivity index is 2.24. The van der Waals surface area contributed by atoms with Crippen molar-refractivity contribution >= 4 is 17.1 Å². The first-order valence-electron chi connectivity index (χ1n) is 5.44. The Morgan fingerprint density at radius 2 is 2.06 bits per heavy atom. The molecule has 0 aliphatic heterocycles. The van der Waals surface area contributed by atoms with E-state index in [1.807, 2.05) is 0 Å². The Kier molecular flexibility index (Phi) is 3.47. The van der Waals surface area contributed by atoms with Gasteiger partial charge in [-0.2, -0.15) is 0 Å². The summed E-state index contributed by atoms with van der Waals surface area (Å²) in [5, 5.41) is 16.9. The van der Waals surface area contributed by atoms with Crippen molar-refractivity contribution in [3.05, 3.63) is 52.5 Å². The smallest absolute Gasteiger partial charge is 0.315 e. The third kappa shape index (κ3) is 2.42. The number of hydrogen-bond donors (Lipinski definition) is 2. The molecule has 0 aliphatic carbocycles. The summed E-state index contributed by atoms with van der Waals surface area (Å²) < 4.78 is 5.16. The van der Waals surface area contributed by atoms with Crippen LogP contribution in [0.4, 0.5) is 17.1 Å². The number of nitrogens with zero attached hydrogens (tertiary/aromatic N) is 1. The monoisotopic (exact) mass is 247 g/mol. The molecule has 1 heterocycles. The van der Waals surface area contributed by atoms with Gasteiger partial charge in [0.1, 0.15) is 17.1 Å². The number of nitro benzene ring substituents is 1. The Hall–Kier alpha value is -2.50. The number of furan rings is 1. The minimum Gasteiger partial charge on any atom is -0.467 e. The SMILES string of the molecule is CNc1cccc(NCc2ccco2)c1[N+](=O)[O-]. The number of hydrogen-bond acceptors (Lipinski definition) is 5. The molecule has 6 nitrogen and oxygen atoms in total. The van der Waals surface area contributed by atoms with Crippen LogP contribution in [-0.2, 0) is 6.54 Å². The van der Waals surface area contributed by atoms with Crippen LogP contribution >= 0.6 is 0 Å². The first-order valence-corrected chi connectivity index (χ1v) is 5.44. The van der Waals surface area contributed by atoms with Crippen molar-refractivity contribution < 1.29 is 9.34 Å². The standard InChI is InChI=1S/C12H13N3O3/c1-13-10-5-2-6-11(12(10)15(16)17)14-8-9-4-3-7-18-9/h2-7,13-14H,8H2,1H3. The molecule has 2 aromatic rings. The van der Waals surface area contributed by atoms with Crippen LogP contribution in [0, 0.1) is 10.1 Å². The van der Waals surface area contributed by atoms with Crippen LogP contribution in [0.25, 0.3) is 0 Å². The van der Waals surface area contributed by atoms with Crippen LogP contribution in [0.15, 0.2) is 41.0 Å². The first-order chi connectivity index (χ1) is 8.72. The number of nitro groups is 1. The molecule has 2 rings (SSSR count). The molecule has 0 amide bonds. The third-order valence-corrected chi connectivity index (χ3v) is 2.52. The second-order valence-corrected chi connectivity index (χ2v) is 3.64. The summed E-state index contributed by atoms with van der Waals surface area (Å²) in [4.78, 5) is 10.7. The number of nitrogens with one attached hydrogen (secondary N) is 2. The average molecular weight is 247 g/mol. The highest BCUT2D eigenvalue weighted by Gasteiger charge is 2.18. The molecular formula is C12H13N3O3. The van der Waals surface area contributed by atoms with Crippen LogP contribution in [0.3, 0.4) is 0 Å². The topological polar surface area (TPSA) is 80.3 Å². The summed E-state index contributed by atoms with van der Waals surface area (Å²) in [6, 6.07) is 8.66. The summed E-state index contributed by atoms with van der Waals surface area (Å²) in [7, 11) is 1.65.